The van der Waals surface area contributed by atoms with Crippen molar-refractivity contribution in [2.45, 2.75) is 45.6 Å². The van der Waals surface area contributed by atoms with Gasteiger partial charge in [0.15, 0.2) is 17.1 Å². The van der Waals surface area contributed by atoms with Crippen LogP contribution in [0.3, 0.4) is 0 Å². The standard InChI is InChI=1S/C19H27NO4/c1-4-8-22-18-10-15(5-6-17(18)23-12-14(2)3)16-11-19(24-20-16)7-9-21-13-19/h5-6,10,14H,4,7-9,11-13H2,1-3H3. The number of nitrogens with zero attached hydrogens (tertiary/aromatic N) is 1. The lowest BCUT2D eigenvalue weighted by molar-refractivity contribution is -0.0237. The lowest BCUT2D eigenvalue weighted by Crippen LogP contribution is -2.29. The number of benzene rings is 1. The smallest absolute Gasteiger partial charge is 0.168 e. The Kier molecular flexibility index (Phi) is 5.29. The first kappa shape index (κ1) is 17.1. The Hall–Kier alpha value is -1.75. The van der Waals surface area contributed by atoms with E-state index in [1.807, 2.05) is 18.2 Å². The molecule has 1 fully saturated rings. The zero-order valence-electron chi connectivity index (χ0n) is 14.8. The fourth-order valence-electron chi connectivity index (χ4n) is 2.86. The van der Waals surface area contributed by atoms with Crippen molar-refractivity contribution in [3.63, 3.8) is 0 Å². The number of ether oxygens (including phenoxy) is 3. The maximum atomic E-state index is 5.89. The summed E-state index contributed by atoms with van der Waals surface area (Å²) in [5.41, 5.74) is 1.73. The lowest BCUT2D eigenvalue weighted by atomic mass is 9.93. The fraction of sp³-hybridized carbons (Fsp3) is 0.632. The molecule has 0 saturated carbocycles. The zero-order chi connectivity index (χ0) is 17.0. The van der Waals surface area contributed by atoms with Crippen LogP contribution in [0.25, 0.3) is 0 Å². The minimum absolute atomic E-state index is 0.257. The fourth-order valence-corrected chi connectivity index (χ4v) is 2.86. The number of oxime groups is 1. The average Bonchev–Trinajstić information content (AvgIpc) is 3.21. The quantitative estimate of drug-likeness (QED) is 0.762. The van der Waals surface area contributed by atoms with Crippen LogP contribution in [0, 0.1) is 5.92 Å². The van der Waals surface area contributed by atoms with Gasteiger partial charge in [-0.05, 0) is 30.5 Å². The first-order chi connectivity index (χ1) is 11.6. The molecule has 0 bridgehead atoms. The molecule has 0 aliphatic carbocycles. The van der Waals surface area contributed by atoms with Crippen molar-refractivity contribution in [1.82, 2.24) is 0 Å². The molecular weight excluding hydrogens is 306 g/mol. The second-order valence-electron chi connectivity index (χ2n) is 7.01. The van der Waals surface area contributed by atoms with Gasteiger partial charge in [-0.25, -0.2) is 0 Å². The summed E-state index contributed by atoms with van der Waals surface area (Å²) in [6.07, 6.45) is 2.64. The Labute approximate surface area is 143 Å². The highest BCUT2D eigenvalue weighted by molar-refractivity contribution is 6.02. The lowest BCUT2D eigenvalue weighted by Gasteiger charge is -2.17. The molecule has 0 aromatic heterocycles. The predicted octanol–water partition coefficient (Wildman–Crippen LogP) is 3.79. The van der Waals surface area contributed by atoms with Crippen LogP contribution in [0.1, 0.15) is 45.6 Å². The minimum atomic E-state index is -0.257. The molecule has 0 N–H and O–H groups in total. The maximum Gasteiger partial charge on any atom is 0.168 e. The van der Waals surface area contributed by atoms with E-state index in [1.54, 1.807) is 0 Å². The van der Waals surface area contributed by atoms with E-state index in [0.717, 1.165) is 48.6 Å². The van der Waals surface area contributed by atoms with Gasteiger partial charge in [-0.2, -0.15) is 0 Å². The van der Waals surface area contributed by atoms with Crippen LogP contribution >= 0.6 is 0 Å². The molecule has 2 aliphatic rings. The van der Waals surface area contributed by atoms with Gasteiger partial charge in [0.2, 0.25) is 0 Å². The molecule has 1 saturated heterocycles. The predicted molar refractivity (Wildman–Crippen MR) is 93.0 cm³/mol. The summed E-state index contributed by atoms with van der Waals surface area (Å²) >= 11 is 0. The highest BCUT2D eigenvalue weighted by Crippen LogP contribution is 2.36. The molecule has 1 atom stereocenters. The molecule has 1 unspecified atom stereocenters. The van der Waals surface area contributed by atoms with E-state index in [4.69, 9.17) is 19.0 Å². The van der Waals surface area contributed by atoms with E-state index in [9.17, 15) is 0 Å². The summed E-state index contributed by atoms with van der Waals surface area (Å²) in [7, 11) is 0. The number of hydrogen-bond donors (Lipinski definition) is 0. The van der Waals surface area contributed by atoms with Crippen LogP contribution in [0.4, 0.5) is 0 Å². The summed E-state index contributed by atoms with van der Waals surface area (Å²) in [6, 6.07) is 6.02. The molecule has 1 aromatic carbocycles. The Morgan fingerprint density at radius 3 is 2.83 bits per heavy atom. The van der Waals surface area contributed by atoms with Gasteiger partial charge in [-0.3, -0.25) is 0 Å². The monoisotopic (exact) mass is 333 g/mol. The largest absolute Gasteiger partial charge is 0.490 e. The van der Waals surface area contributed by atoms with Crippen LogP contribution in [-0.4, -0.2) is 37.7 Å². The van der Waals surface area contributed by atoms with Crippen molar-refractivity contribution < 1.29 is 19.0 Å². The molecule has 1 spiro atoms. The van der Waals surface area contributed by atoms with Crippen molar-refractivity contribution in [3.8, 4) is 11.5 Å². The summed E-state index contributed by atoms with van der Waals surface area (Å²) in [5, 5.41) is 4.31. The molecule has 5 heteroatoms. The van der Waals surface area contributed by atoms with Gasteiger partial charge in [0, 0.05) is 18.4 Å². The molecule has 0 amide bonds. The molecule has 132 valence electrons. The zero-order valence-corrected chi connectivity index (χ0v) is 14.8. The van der Waals surface area contributed by atoms with Crippen LogP contribution in [0.2, 0.25) is 0 Å². The van der Waals surface area contributed by atoms with E-state index < -0.39 is 0 Å². The summed E-state index contributed by atoms with van der Waals surface area (Å²) < 4.78 is 17.3. The van der Waals surface area contributed by atoms with Gasteiger partial charge in [-0.15, -0.1) is 0 Å². The van der Waals surface area contributed by atoms with Crippen molar-refractivity contribution in [1.29, 1.82) is 0 Å². The third-order valence-electron chi connectivity index (χ3n) is 4.22. The van der Waals surface area contributed by atoms with E-state index in [2.05, 4.69) is 25.9 Å². The van der Waals surface area contributed by atoms with E-state index in [-0.39, 0.29) is 5.60 Å². The Balaban J connectivity index is 1.76. The van der Waals surface area contributed by atoms with Crippen LogP contribution in [0.5, 0.6) is 11.5 Å². The topological polar surface area (TPSA) is 49.3 Å². The molecule has 2 heterocycles. The third kappa shape index (κ3) is 3.83. The van der Waals surface area contributed by atoms with Crippen molar-refractivity contribution >= 4 is 5.71 Å². The van der Waals surface area contributed by atoms with E-state index in [0.29, 0.717) is 25.7 Å². The first-order valence-corrected chi connectivity index (χ1v) is 8.85. The minimum Gasteiger partial charge on any atom is -0.490 e. The molecule has 3 rings (SSSR count). The normalized spacial score (nSPS) is 22.8. The van der Waals surface area contributed by atoms with Gasteiger partial charge in [-0.1, -0.05) is 25.9 Å². The number of hydrogen-bond acceptors (Lipinski definition) is 5. The second-order valence-corrected chi connectivity index (χ2v) is 7.01. The van der Waals surface area contributed by atoms with Crippen molar-refractivity contribution in [2.75, 3.05) is 26.4 Å². The van der Waals surface area contributed by atoms with Crippen LogP contribution in [-0.2, 0) is 9.57 Å². The Morgan fingerprint density at radius 2 is 2.12 bits per heavy atom. The summed E-state index contributed by atoms with van der Waals surface area (Å²) in [6.45, 7) is 9.07. The van der Waals surface area contributed by atoms with Crippen LogP contribution < -0.4 is 9.47 Å². The van der Waals surface area contributed by atoms with Gasteiger partial charge in [0.05, 0.1) is 32.1 Å². The van der Waals surface area contributed by atoms with Gasteiger partial charge >= 0.3 is 0 Å². The van der Waals surface area contributed by atoms with E-state index >= 15 is 0 Å². The SMILES string of the molecule is CCCOc1cc(C2=NOC3(CCOC3)C2)ccc1OCC(C)C. The highest BCUT2D eigenvalue weighted by atomic mass is 16.7. The summed E-state index contributed by atoms with van der Waals surface area (Å²) in [5.74, 6) is 2.04. The van der Waals surface area contributed by atoms with E-state index in [1.165, 1.54) is 0 Å². The molecule has 2 aliphatic heterocycles. The third-order valence-corrected chi connectivity index (χ3v) is 4.22. The first-order valence-electron chi connectivity index (χ1n) is 8.85. The number of rotatable bonds is 7. The Bertz CT molecular complexity index is 591. The van der Waals surface area contributed by atoms with Crippen molar-refractivity contribution in [3.05, 3.63) is 23.8 Å². The molecule has 0 radical (unpaired) electrons. The van der Waals surface area contributed by atoms with Crippen LogP contribution in [0.15, 0.2) is 23.4 Å². The van der Waals surface area contributed by atoms with Gasteiger partial charge < -0.3 is 19.0 Å². The molecular formula is C19H27NO4. The molecule has 5 nitrogen and oxygen atoms in total. The highest BCUT2D eigenvalue weighted by Gasteiger charge is 2.43. The average molecular weight is 333 g/mol. The van der Waals surface area contributed by atoms with Crippen molar-refractivity contribution in [2.24, 2.45) is 11.1 Å². The molecule has 24 heavy (non-hydrogen) atoms. The Morgan fingerprint density at radius 1 is 1.25 bits per heavy atom. The second kappa shape index (κ2) is 7.43. The van der Waals surface area contributed by atoms with Gasteiger partial charge in [0.1, 0.15) is 0 Å². The van der Waals surface area contributed by atoms with Gasteiger partial charge in [0.25, 0.3) is 0 Å². The molecule has 1 aromatic rings. The maximum absolute atomic E-state index is 5.89. The summed E-state index contributed by atoms with van der Waals surface area (Å²) in [4.78, 5) is 5.69.